The lowest BCUT2D eigenvalue weighted by atomic mass is 9.84. The normalized spacial score (nSPS) is 16.4. The molecule has 39 heavy (non-hydrogen) atoms. The van der Waals surface area contributed by atoms with Crippen molar-refractivity contribution in [1.82, 2.24) is 4.90 Å². The van der Waals surface area contributed by atoms with E-state index < -0.39 is 24.0 Å². The van der Waals surface area contributed by atoms with Crippen molar-refractivity contribution in [3.63, 3.8) is 0 Å². The number of halogens is 1. The van der Waals surface area contributed by atoms with Crippen LogP contribution in [0.2, 0.25) is 5.02 Å². The minimum Gasteiger partial charge on any atom is -0.504 e. The smallest absolute Gasteiger partial charge is 0.334 e. The highest BCUT2D eigenvalue weighted by Gasteiger charge is 2.43. The molecule has 8 nitrogen and oxygen atoms in total. The summed E-state index contributed by atoms with van der Waals surface area (Å²) >= 11 is 6.39. The Labute approximate surface area is 228 Å². The molecule has 0 aliphatic carbocycles. The van der Waals surface area contributed by atoms with Gasteiger partial charge in [0.2, 0.25) is 0 Å². The molecule has 4 N–H and O–H groups in total. The number of amides is 1. The summed E-state index contributed by atoms with van der Waals surface area (Å²) in [5.74, 6) is -2.34. The Morgan fingerprint density at radius 2 is 1.49 bits per heavy atom. The first-order chi connectivity index (χ1) is 18.7. The molecule has 0 spiro atoms. The summed E-state index contributed by atoms with van der Waals surface area (Å²) in [5, 5.41) is 40.7. The van der Waals surface area contributed by atoms with Crippen LogP contribution in [0, 0.1) is 0 Å². The summed E-state index contributed by atoms with van der Waals surface area (Å²) in [6.07, 6.45) is 0.0960. The third-order valence-electron chi connectivity index (χ3n) is 6.72. The van der Waals surface area contributed by atoms with Crippen molar-refractivity contribution in [3.8, 4) is 28.7 Å². The van der Waals surface area contributed by atoms with Gasteiger partial charge in [-0.25, -0.2) is 4.79 Å². The predicted octanol–water partition coefficient (Wildman–Crippen LogP) is 5.12. The predicted molar refractivity (Wildman–Crippen MR) is 143 cm³/mol. The lowest BCUT2D eigenvalue weighted by Crippen LogP contribution is -2.53. The maximum absolute atomic E-state index is 14.1. The number of fused-ring (bicyclic) bond motifs is 1. The van der Waals surface area contributed by atoms with Gasteiger partial charge in [-0.1, -0.05) is 48.0 Å². The third-order valence-corrected chi connectivity index (χ3v) is 7.05. The largest absolute Gasteiger partial charge is 0.504 e. The first-order valence-corrected chi connectivity index (χ1v) is 12.5. The molecule has 0 unspecified atom stereocenters. The van der Waals surface area contributed by atoms with Gasteiger partial charge in [-0.3, -0.25) is 4.79 Å². The maximum Gasteiger partial charge on any atom is 0.334 e. The molecule has 0 fully saturated rings. The van der Waals surface area contributed by atoms with E-state index in [-0.39, 0.29) is 46.4 Å². The van der Waals surface area contributed by atoms with E-state index in [4.69, 9.17) is 16.3 Å². The molecule has 0 aromatic heterocycles. The fourth-order valence-electron chi connectivity index (χ4n) is 4.85. The number of aromatic hydroxyl groups is 4. The van der Waals surface area contributed by atoms with Crippen LogP contribution in [0.25, 0.3) is 0 Å². The third kappa shape index (κ3) is 5.19. The molecule has 2 atom stereocenters. The number of para-hydroxylation sites is 1. The average molecular weight is 546 g/mol. The quantitative estimate of drug-likeness (QED) is 0.156. The molecule has 1 aliphatic heterocycles. The van der Waals surface area contributed by atoms with Crippen molar-refractivity contribution in [2.75, 3.05) is 0 Å². The van der Waals surface area contributed by atoms with E-state index in [1.165, 1.54) is 29.2 Å². The first-order valence-electron chi connectivity index (χ1n) is 12.1. The number of benzene rings is 4. The second-order valence-electron chi connectivity index (χ2n) is 9.23. The Hall–Kier alpha value is -4.69. The fourth-order valence-corrected chi connectivity index (χ4v) is 5.07. The molecule has 1 aliphatic rings. The van der Waals surface area contributed by atoms with Crippen molar-refractivity contribution in [2.24, 2.45) is 0 Å². The van der Waals surface area contributed by atoms with Gasteiger partial charge in [-0.15, -0.1) is 0 Å². The first kappa shape index (κ1) is 25.9. The Morgan fingerprint density at radius 1 is 0.821 bits per heavy atom. The Bertz CT molecular complexity index is 1560. The summed E-state index contributed by atoms with van der Waals surface area (Å²) in [7, 11) is 0. The fraction of sp³-hybridized carbons (Fsp3) is 0.133. The van der Waals surface area contributed by atoms with Crippen molar-refractivity contribution in [1.29, 1.82) is 0 Å². The summed E-state index contributed by atoms with van der Waals surface area (Å²) in [5.41, 5.74) is 1.75. The van der Waals surface area contributed by atoms with Gasteiger partial charge in [-0.05, 0) is 71.6 Å². The van der Waals surface area contributed by atoms with Gasteiger partial charge in [0.1, 0.15) is 11.8 Å². The monoisotopic (exact) mass is 545 g/mol. The minimum absolute atomic E-state index is 0.00234. The van der Waals surface area contributed by atoms with Gasteiger partial charge < -0.3 is 30.1 Å². The van der Waals surface area contributed by atoms with Crippen molar-refractivity contribution in [2.45, 2.75) is 24.9 Å². The zero-order valence-corrected chi connectivity index (χ0v) is 21.2. The standard InChI is InChI=1S/C30H24ClNO7/c31-22-9-5-4-8-20(22)29(37)32-23(12-17-10-11-25(33)26(34)13-17)21-16-28(36)27(35)15-18(21)14-24(32)30(38)39-19-6-2-1-3-7-19/h1-11,13,15-16,23-24,33-36H,12,14H2/t23-,24-/m0/s1. The number of ether oxygens (including phenoxy) is 1. The van der Waals surface area contributed by atoms with Gasteiger partial charge in [0.05, 0.1) is 16.6 Å². The Balaban J connectivity index is 1.66. The highest BCUT2D eigenvalue weighted by molar-refractivity contribution is 6.33. The highest BCUT2D eigenvalue weighted by atomic mass is 35.5. The molecule has 0 bridgehead atoms. The van der Waals surface area contributed by atoms with Crippen LogP contribution in [-0.2, 0) is 17.6 Å². The van der Waals surface area contributed by atoms with Crippen LogP contribution in [0.5, 0.6) is 28.7 Å². The van der Waals surface area contributed by atoms with E-state index in [1.807, 2.05) is 0 Å². The van der Waals surface area contributed by atoms with Gasteiger partial charge in [0, 0.05) is 6.42 Å². The maximum atomic E-state index is 14.1. The van der Waals surface area contributed by atoms with Gasteiger partial charge in [0.25, 0.3) is 5.91 Å². The molecule has 5 rings (SSSR count). The molecule has 198 valence electrons. The minimum atomic E-state index is -1.12. The van der Waals surface area contributed by atoms with E-state index in [0.29, 0.717) is 22.4 Å². The number of carbonyl (C=O) groups excluding carboxylic acids is 2. The number of phenols is 4. The zero-order valence-electron chi connectivity index (χ0n) is 20.5. The van der Waals surface area contributed by atoms with E-state index in [9.17, 15) is 30.0 Å². The van der Waals surface area contributed by atoms with Crippen LogP contribution in [-0.4, -0.2) is 43.2 Å². The number of carbonyl (C=O) groups is 2. The number of rotatable bonds is 5. The molecule has 1 amide bonds. The number of esters is 1. The van der Waals surface area contributed by atoms with Gasteiger partial charge >= 0.3 is 5.97 Å². The van der Waals surface area contributed by atoms with Crippen LogP contribution in [0.3, 0.4) is 0 Å². The van der Waals surface area contributed by atoms with Gasteiger partial charge in [-0.2, -0.15) is 0 Å². The Morgan fingerprint density at radius 3 is 2.21 bits per heavy atom. The molecule has 4 aromatic rings. The SMILES string of the molecule is O=C(Oc1ccccc1)[C@@H]1Cc2cc(O)c(O)cc2[C@H](Cc2ccc(O)c(O)c2)N1C(=O)c1ccccc1Cl. The average Bonchev–Trinajstić information content (AvgIpc) is 2.92. The van der Waals surface area contributed by atoms with Crippen molar-refractivity contribution < 1.29 is 34.8 Å². The summed E-state index contributed by atoms with van der Waals surface area (Å²) in [6.45, 7) is 0. The lowest BCUT2D eigenvalue weighted by Gasteiger charge is -2.42. The van der Waals surface area contributed by atoms with Gasteiger partial charge in [0.15, 0.2) is 23.0 Å². The molecular formula is C30H24ClNO7. The zero-order chi connectivity index (χ0) is 27.7. The molecular weight excluding hydrogens is 522 g/mol. The molecule has 0 saturated heterocycles. The van der Waals surface area contributed by atoms with Crippen LogP contribution >= 0.6 is 11.6 Å². The van der Waals surface area contributed by atoms with E-state index in [2.05, 4.69) is 0 Å². The van der Waals surface area contributed by atoms with E-state index in [0.717, 1.165) is 0 Å². The van der Waals surface area contributed by atoms with Crippen molar-refractivity contribution in [3.05, 3.63) is 112 Å². The topological polar surface area (TPSA) is 128 Å². The van der Waals surface area contributed by atoms with Crippen LogP contribution < -0.4 is 4.74 Å². The summed E-state index contributed by atoms with van der Waals surface area (Å²) < 4.78 is 5.65. The van der Waals surface area contributed by atoms with Crippen LogP contribution in [0.4, 0.5) is 0 Å². The molecule has 1 heterocycles. The molecule has 9 heteroatoms. The number of phenolic OH excluding ortho intramolecular Hbond substituents is 4. The number of hydrogen-bond acceptors (Lipinski definition) is 7. The summed E-state index contributed by atoms with van der Waals surface area (Å²) in [4.78, 5) is 29.1. The number of hydrogen-bond donors (Lipinski definition) is 4. The highest BCUT2D eigenvalue weighted by Crippen LogP contribution is 2.42. The van der Waals surface area contributed by atoms with Crippen molar-refractivity contribution >= 4 is 23.5 Å². The molecule has 4 aromatic carbocycles. The van der Waals surface area contributed by atoms with E-state index >= 15 is 0 Å². The van der Waals surface area contributed by atoms with E-state index in [1.54, 1.807) is 60.7 Å². The lowest BCUT2D eigenvalue weighted by molar-refractivity contribution is -0.140. The molecule has 0 radical (unpaired) electrons. The number of nitrogens with zero attached hydrogens (tertiary/aromatic N) is 1. The second-order valence-corrected chi connectivity index (χ2v) is 9.64. The van der Waals surface area contributed by atoms with Crippen LogP contribution in [0.15, 0.2) is 84.9 Å². The second kappa shape index (κ2) is 10.6. The Kier molecular flexibility index (Phi) is 7.04. The van der Waals surface area contributed by atoms with Crippen LogP contribution in [0.1, 0.15) is 33.1 Å². The molecule has 0 saturated carbocycles. The summed E-state index contributed by atoms with van der Waals surface area (Å²) in [6, 6.07) is 19.9.